The fourth-order valence-electron chi connectivity index (χ4n) is 3.44. The molecule has 0 amide bonds. The molecule has 161 valence electrons. The van der Waals surface area contributed by atoms with E-state index in [9.17, 15) is 0 Å². The summed E-state index contributed by atoms with van der Waals surface area (Å²) in [5, 5.41) is 0. The third kappa shape index (κ3) is 14.9. The molecule has 0 aromatic carbocycles. The molecule has 0 heterocycles. The summed E-state index contributed by atoms with van der Waals surface area (Å²) in [6.45, 7) is 29.5. The van der Waals surface area contributed by atoms with E-state index < -0.39 is 51.1 Å². The maximum Gasteiger partial charge on any atom is 0.315 e. The van der Waals surface area contributed by atoms with Gasteiger partial charge in [-0.25, -0.2) is 0 Å². The summed E-state index contributed by atoms with van der Waals surface area (Å²) in [5.74, 6) is 0. The molecule has 0 spiro atoms. The first-order valence-electron chi connectivity index (χ1n) is 10.0. The van der Waals surface area contributed by atoms with E-state index in [0.29, 0.717) is 0 Å². The van der Waals surface area contributed by atoms with E-state index in [0.717, 1.165) is 21.6 Å². The number of rotatable bonds is 13. The van der Waals surface area contributed by atoms with Crippen LogP contribution < -0.4 is 0 Å². The van der Waals surface area contributed by atoms with Gasteiger partial charge in [0.2, 0.25) is 0 Å². The van der Waals surface area contributed by atoms with Gasteiger partial charge in [-0.15, -0.1) is 0 Å². The molecule has 0 aliphatic carbocycles. The van der Waals surface area contributed by atoms with Gasteiger partial charge >= 0.3 is 17.1 Å². The Morgan fingerprint density at radius 3 is 1.63 bits per heavy atom. The highest BCUT2D eigenvalue weighted by Gasteiger charge is 2.44. The third-order valence-electron chi connectivity index (χ3n) is 3.52. The van der Waals surface area contributed by atoms with Crippen molar-refractivity contribution in [2.75, 3.05) is 0 Å². The minimum absolute atomic E-state index is 0.806. The van der Waals surface area contributed by atoms with Gasteiger partial charge in [-0.05, 0) is 96.3 Å². The highest BCUT2D eigenvalue weighted by Crippen LogP contribution is 2.29. The van der Waals surface area contributed by atoms with E-state index in [1.165, 1.54) is 5.67 Å². The first-order chi connectivity index (χ1) is 11.8. The van der Waals surface area contributed by atoms with Crippen molar-refractivity contribution in [1.29, 1.82) is 0 Å². The summed E-state index contributed by atoms with van der Waals surface area (Å²) in [5.41, 5.74) is 1.27. The molecular weight excluding hydrogens is 453 g/mol. The molecule has 11 heteroatoms. The third-order valence-corrected chi connectivity index (χ3v) is 26.8. The smallest absolute Gasteiger partial charge is 0.315 e. The molecule has 1 unspecified atom stereocenters. The van der Waals surface area contributed by atoms with Crippen LogP contribution in [0.25, 0.3) is 0 Å². The molecule has 0 aromatic heterocycles. The van der Waals surface area contributed by atoms with Crippen LogP contribution in [-0.2, 0) is 16.5 Å². The van der Waals surface area contributed by atoms with Gasteiger partial charge < -0.3 is 16.5 Å². The van der Waals surface area contributed by atoms with Crippen LogP contribution in [0.2, 0.25) is 103 Å². The van der Waals surface area contributed by atoms with Gasteiger partial charge in [-0.3, -0.25) is 0 Å². The molecule has 27 heavy (non-hydrogen) atoms. The Morgan fingerprint density at radius 2 is 1.22 bits per heavy atom. The summed E-state index contributed by atoms with van der Waals surface area (Å²) in [6, 6.07) is 2.13. The zero-order chi connectivity index (χ0) is 21.7. The Balaban J connectivity index is 5.14. The molecule has 0 aliphatic heterocycles. The molecule has 0 aliphatic rings. The second-order valence-electron chi connectivity index (χ2n) is 10.7. The van der Waals surface area contributed by atoms with Crippen molar-refractivity contribution in [3.63, 3.8) is 0 Å². The van der Waals surface area contributed by atoms with Gasteiger partial charge in [-0.1, -0.05) is 6.55 Å². The highest BCUT2D eigenvalue weighted by molar-refractivity contribution is 6.90. The van der Waals surface area contributed by atoms with Crippen LogP contribution in [0.15, 0.2) is 0 Å². The standard InChI is InChI=1S/C16H45O4Si7/c1-21-16-25(9,10)17-22(2)14-15-27(13,19-24(6,7)8)20-26(11,12)18-23(3,4)5/h14-16H2,1-13H3. The zero-order valence-electron chi connectivity index (χ0n) is 20.3. The monoisotopic (exact) mass is 497 g/mol. The quantitative estimate of drug-likeness (QED) is 0.291. The predicted octanol–water partition coefficient (Wildman–Crippen LogP) is 6.03. The van der Waals surface area contributed by atoms with E-state index in [4.69, 9.17) is 16.5 Å². The van der Waals surface area contributed by atoms with Gasteiger partial charge in [0, 0.05) is 9.52 Å². The molecule has 0 bridgehead atoms. The van der Waals surface area contributed by atoms with Crippen LogP contribution in [-0.4, -0.2) is 60.6 Å². The van der Waals surface area contributed by atoms with Crippen molar-refractivity contribution in [3.8, 4) is 0 Å². The van der Waals surface area contributed by atoms with Gasteiger partial charge in [-0.2, -0.15) is 0 Å². The molecule has 0 saturated carbocycles. The first kappa shape index (κ1) is 28.4. The summed E-state index contributed by atoms with van der Waals surface area (Å²) in [7, 11) is -9.13. The van der Waals surface area contributed by atoms with Gasteiger partial charge in [0.1, 0.15) is 0 Å². The molecule has 4 nitrogen and oxygen atoms in total. The number of hydrogen-bond donors (Lipinski definition) is 0. The summed E-state index contributed by atoms with van der Waals surface area (Å²) in [4.78, 5) is 0. The highest BCUT2D eigenvalue weighted by atomic mass is 28.5. The lowest BCUT2D eigenvalue weighted by molar-refractivity contribution is 0.325. The molecule has 0 rings (SSSR count). The molecule has 3 radical (unpaired) electrons. The van der Waals surface area contributed by atoms with Crippen LogP contribution >= 0.6 is 0 Å². The summed E-state index contributed by atoms with van der Waals surface area (Å²) in [6.07, 6.45) is 0. The fraction of sp³-hybridized carbons (Fsp3) is 1.00. The second kappa shape index (κ2) is 10.6. The van der Waals surface area contributed by atoms with Gasteiger partial charge in [0.15, 0.2) is 34.0 Å². The Morgan fingerprint density at radius 1 is 0.741 bits per heavy atom. The molecule has 0 aromatic rings. The second-order valence-corrected chi connectivity index (χ2v) is 35.5. The lowest BCUT2D eigenvalue weighted by Gasteiger charge is -2.41. The minimum atomic E-state index is -2.29. The molecule has 0 N–H and O–H groups in total. The topological polar surface area (TPSA) is 36.9 Å². The Bertz CT molecular complexity index is 449. The zero-order valence-corrected chi connectivity index (χ0v) is 27.3. The van der Waals surface area contributed by atoms with Crippen LogP contribution in [0.1, 0.15) is 0 Å². The Labute approximate surface area is 179 Å². The van der Waals surface area contributed by atoms with Crippen molar-refractivity contribution >= 4 is 60.6 Å². The van der Waals surface area contributed by atoms with Crippen LogP contribution in [0.4, 0.5) is 0 Å². The average molecular weight is 498 g/mol. The van der Waals surface area contributed by atoms with E-state index in [-0.39, 0.29) is 0 Å². The van der Waals surface area contributed by atoms with Gasteiger partial charge in [0.05, 0.1) is 0 Å². The largest absolute Gasteiger partial charge is 0.456 e. The lowest BCUT2D eigenvalue weighted by Crippen LogP contribution is -2.57. The summed E-state index contributed by atoms with van der Waals surface area (Å²) < 4.78 is 26.5. The van der Waals surface area contributed by atoms with Crippen LogP contribution in [0.5, 0.6) is 0 Å². The maximum absolute atomic E-state index is 6.78. The van der Waals surface area contributed by atoms with Crippen molar-refractivity contribution in [2.24, 2.45) is 0 Å². The van der Waals surface area contributed by atoms with Crippen molar-refractivity contribution in [1.82, 2.24) is 0 Å². The Kier molecular flexibility index (Phi) is 11.1. The molecular formula is C16H45O4Si7. The summed E-state index contributed by atoms with van der Waals surface area (Å²) >= 11 is 0. The van der Waals surface area contributed by atoms with Crippen LogP contribution in [0.3, 0.4) is 0 Å². The van der Waals surface area contributed by atoms with Crippen LogP contribution in [0, 0.1) is 0 Å². The van der Waals surface area contributed by atoms with Crippen molar-refractivity contribution in [3.05, 3.63) is 0 Å². The fourth-order valence-corrected chi connectivity index (χ4v) is 32.3. The van der Waals surface area contributed by atoms with E-state index in [1.54, 1.807) is 0 Å². The molecule has 0 fully saturated rings. The molecule has 1 atom stereocenters. The predicted molar refractivity (Wildman–Crippen MR) is 135 cm³/mol. The molecule has 0 saturated heterocycles. The normalized spacial score (nSPS) is 16.7. The maximum atomic E-state index is 6.78. The average Bonchev–Trinajstić information content (AvgIpc) is 2.29. The van der Waals surface area contributed by atoms with E-state index in [1.807, 2.05) is 0 Å². The van der Waals surface area contributed by atoms with Gasteiger partial charge in [0.25, 0.3) is 0 Å². The van der Waals surface area contributed by atoms with Crippen molar-refractivity contribution < 1.29 is 16.5 Å². The van der Waals surface area contributed by atoms with E-state index in [2.05, 4.69) is 85.1 Å². The lowest BCUT2D eigenvalue weighted by atomic mass is 10.9. The number of hydrogen-bond acceptors (Lipinski definition) is 4. The minimum Gasteiger partial charge on any atom is -0.456 e. The first-order valence-corrected chi connectivity index (χ1v) is 29.1. The Hall–Kier alpha value is 1.36. The SMILES string of the molecule is C[Si]C[Si](C)(C)O[Si](C)CC[Si](C)(O[Si](C)(C)C)O[Si](C)(C)O[Si](C)(C)C. The van der Waals surface area contributed by atoms with E-state index >= 15 is 0 Å². The van der Waals surface area contributed by atoms with Crippen molar-refractivity contribution in [2.45, 2.75) is 103 Å².